The fraction of sp³-hybridized carbons (Fsp3) is 0.250. The molecule has 1 aromatic carbocycles. The molecule has 1 aliphatic carbocycles. The maximum Gasteiger partial charge on any atom is 0.433 e. The first-order chi connectivity index (χ1) is 11.8. The van der Waals surface area contributed by atoms with Crippen LogP contribution in [-0.2, 0) is 5.41 Å². The predicted molar refractivity (Wildman–Crippen MR) is 71.5 cm³/mol. The number of alkyl halides is 7. The van der Waals surface area contributed by atoms with Crippen molar-refractivity contribution in [1.29, 1.82) is 5.26 Å². The van der Waals surface area contributed by atoms with Crippen LogP contribution in [0.3, 0.4) is 0 Å². The van der Waals surface area contributed by atoms with Gasteiger partial charge in [0, 0.05) is 0 Å². The summed E-state index contributed by atoms with van der Waals surface area (Å²) in [4.78, 5) is 0. The zero-order chi connectivity index (χ0) is 20.0. The topological polar surface area (TPSA) is 23.8 Å². The molecule has 0 atom stereocenters. The molecule has 0 saturated carbocycles. The summed E-state index contributed by atoms with van der Waals surface area (Å²) in [5.74, 6) is -3.71. The van der Waals surface area contributed by atoms with E-state index in [0.717, 1.165) is 18.2 Å². The van der Waals surface area contributed by atoms with Crippen molar-refractivity contribution >= 4 is 0 Å². The number of nitrogens with zero attached hydrogens (tertiary/aromatic N) is 1. The van der Waals surface area contributed by atoms with E-state index in [1.54, 1.807) is 0 Å². The Hall–Kier alpha value is -2.44. The Balaban J connectivity index is 3.05. The number of nitriles is 1. The highest BCUT2D eigenvalue weighted by Crippen LogP contribution is 2.60. The second kappa shape index (κ2) is 6.07. The predicted octanol–water partition coefficient (Wildman–Crippen LogP) is 5.55. The normalized spacial score (nSPS) is 18.0. The first-order valence-corrected chi connectivity index (χ1v) is 6.73. The lowest BCUT2D eigenvalue weighted by Gasteiger charge is -2.44. The molecular formula is C16H7F9N. The summed E-state index contributed by atoms with van der Waals surface area (Å²) in [6.45, 7) is 0. The van der Waals surface area contributed by atoms with Crippen molar-refractivity contribution in [2.75, 3.05) is 0 Å². The fourth-order valence-corrected chi connectivity index (χ4v) is 2.80. The minimum Gasteiger partial charge on any atom is -0.222 e. The van der Waals surface area contributed by atoms with Gasteiger partial charge in [-0.3, -0.25) is 0 Å². The van der Waals surface area contributed by atoms with E-state index in [4.69, 9.17) is 5.26 Å². The summed E-state index contributed by atoms with van der Waals surface area (Å²) in [5.41, 5.74) is -12.1. The molecule has 0 amide bonds. The zero-order valence-corrected chi connectivity index (χ0v) is 12.4. The Morgan fingerprint density at radius 2 is 1.27 bits per heavy atom. The smallest absolute Gasteiger partial charge is 0.222 e. The van der Waals surface area contributed by atoms with E-state index in [9.17, 15) is 39.5 Å². The van der Waals surface area contributed by atoms with Gasteiger partial charge in [0.1, 0.15) is 11.7 Å². The van der Waals surface area contributed by atoms with Gasteiger partial charge in [-0.2, -0.15) is 31.6 Å². The van der Waals surface area contributed by atoms with E-state index in [0.29, 0.717) is 6.07 Å². The molecule has 0 N–H and O–H groups in total. The molecule has 1 nitrogen and oxygen atoms in total. The van der Waals surface area contributed by atoms with Gasteiger partial charge in [0.15, 0.2) is 0 Å². The van der Waals surface area contributed by atoms with E-state index < -0.39 is 46.2 Å². The minimum absolute atomic E-state index is 0.000403. The van der Waals surface area contributed by atoms with Crippen LogP contribution in [0.4, 0.5) is 39.5 Å². The third-order valence-corrected chi connectivity index (χ3v) is 3.85. The van der Waals surface area contributed by atoms with Crippen LogP contribution in [-0.4, -0.2) is 18.0 Å². The largest absolute Gasteiger partial charge is 0.433 e. The maximum atomic E-state index is 14.9. The highest BCUT2D eigenvalue weighted by molar-refractivity contribution is 5.55. The van der Waals surface area contributed by atoms with Crippen molar-refractivity contribution in [2.24, 2.45) is 0 Å². The zero-order valence-electron chi connectivity index (χ0n) is 12.4. The minimum atomic E-state index is -6.61. The van der Waals surface area contributed by atoms with Crippen LogP contribution in [0.25, 0.3) is 0 Å². The van der Waals surface area contributed by atoms with Gasteiger partial charge < -0.3 is 0 Å². The molecule has 26 heavy (non-hydrogen) atoms. The quantitative estimate of drug-likeness (QED) is 0.613. The number of rotatable bonds is 2. The molecule has 0 aromatic heterocycles. The van der Waals surface area contributed by atoms with Gasteiger partial charge in [-0.1, -0.05) is 18.2 Å². The van der Waals surface area contributed by atoms with E-state index in [-0.39, 0.29) is 18.6 Å². The fourth-order valence-electron chi connectivity index (χ4n) is 2.80. The Morgan fingerprint density at radius 1 is 0.808 bits per heavy atom. The lowest BCUT2D eigenvalue weighted by atomic mass is 9.64. The van der Waals surface area contributed by atoms with Crippen LogP contribution in [0.5, 0.6) is 0 Å². The Morgan fingerprint density at radius 3 is 1.69 bits per heavy atom. The summed E-state index contributed by atoms with van der Waals surface area (Å²) in [5, 5.41) is 9.00. The number of allylic oxidation sites excluding steroid dienone is 4. The van der Waals surface area contributed by atoms with Gasteiger partial charge >= 0.3 is 18.0 Å². The molecule has 139 valence electrons. The Labute approximate surface area is 141 Å². The van der Waals surface area contributed by atoms with Gasteiger partial charge in [-0.25, -0.2) is 13.2 Å². The Kier molecular flexibility index (Phi) is 4.64. The van der Waals surface area contributed by atoms with Gasteiger partial charge in [0.2, 0.25) is 0 Å². The van der Waals surface area contributed by atoms with Crippen LogP contribution in [0.2, 0.25) is 0 Å². The third-order valence-electron chi connectivity index (χ3n) is 3.85. The molecule has 0 saturated heterocycles. The van der Waals surface area contributed by atoms with Crippen molar-refractivity contribution in [3.63, 3.8) is 0 Å². The molecule has 1 aromatic rings. The second-order valence-corrected chi connectivity index (χ2v) is 5.38. The van der Waals surface area contributed by atoms with Crippen molar-refractivity contribution in [1.82, 2.24) is 0 Å². The lowest BCUT2D eigenvalue weighted by molar-refractivity contribution is -0.354. The molecule has 10 heteroatoms. The lowest BCUT2D eigenvalue weighted by Crippen LogP contribution is -2.65. The number of hydrogen-bond donors (Lipinski definition) is 0. The van der Waals surface area contributed by atoms with Crippen LogP contribution in [0.1, 0.15) is 11.1 Å². The molecule has 0 unspecified atom stereocenters. The van der Waals surface area contributed by atoms with E-state index in [2.05, 4.69) is 0 Å². The molecule has 1 radical (unpaired) electrons. The highest BCUT2D eigenvalue weighted by Gasteiger charge is 2.81. The molecule has 0 fully saturated rings. The van der Waals surface area contributed by atoms with Gasteiger partial charge in [0.05, 0.1) is 23.5 Å². The summed E-state index contributed by atoms with van der Waals surface area (Å²) < 4.78 is 122. The van der Waals surface area contributed by atoms with E-state index in [1.807, 2.05) is 0 Å². The van der Waals surface area contributed by atoms with Crippen LogP contribution < -0.4 is 0 Å². The summed E-state index contributed by atoms with van der Waals surface area (Å²) in [6.07, 6.45) is -13.9. The molecule has 0 heterocycles. The van der Waals surface area contributed by atoms with Crippen LogP contribution in [0, 0.1) is 17.8 Å². The van der Waals surface area contributed by atoms with E-state index in [1.165, 1.54) is 6.07 Å². The average Bonchev–Trinajstić information content (AvgIpc) is 2.50. The summed E-state index contributed by atoms with van der Waals surface area (Å²) >= 11 is 0. The average molecular weight is 384 g/mol. The molecule has 2 rings (SSSR count). The molecule has 1 aliphatic rings. The Bertz CT molecular complexity index is 776. The molecule has 0 aliphatic heterocycles. The van der Waals surface area contributed by atoms with Crippen molar-refractivity contribution in [2.45, 2.75) is 23.4 Å². The van der Waals surface area contributed by atoms with Crippen molar-refractivity contribution < 1.29 is 39.5 Å². The van der Waals surface area contributed by atoms with Gasteiger partial charge in [-0.05, 0) is 23.8 Å². The highest BCUT2D eigenvalue weighted by atomic mass is 19.4. The number of benzene rings is 1. The first-order valence-electron chi connectivity index (χ1n) is 6.73. The summed E-state index contributed by atoms with van der Waals surface area (Å²) in [6, 6.07) is 4.69. The summed E-state index contributed by atoms with van der Waals surface area (Å²) in [7, 11) is 0. The first kappa shape index (κ1) is 19.9. The van der Waals surface area contributed by atoms with Crippen molar-refractivity contribution in [3.8, 4) is 6.07 Å². The monoisotopic (exact) mass is 384 g/mol. The van der Waals surface area contributed by atoms with Crippen LogP contribution in [0.15, 0.2) is 48.1 Å². The number of hydrogen-bond acceptors (Lipinski definition) is 1. The molecule has 0 bridgehead atoms. The molecule has 0 spiro atoms. The third kappa shape index (κ3) is 2.75. The SMILES string of the molecule is N#Cc1ccccc1C1(C(F)(C(F)(F)F)C(F)(F)F)C=C(F)[CH]C(F)=C1. The van der Waals surface area contributed by atoms with Crippen molar-refractivity contribution in [3.05, 3.63) is 65.6 Å². The second-order valence-electron chi connectivity index (χ2n) is 5.38. The number of halogens is 9. The standard InChI is InChI=1S/C16H7F9N/c17-10-5-11(18)7-13(6-10,12-4-2-1-3-9(12)8-26)14(19,15(20,21)22)16(23,24)25/h1-7H. The molecular weight excluding hydrogens is 377 g/mol. The maximum absolute atomic E-state index is 14.9. The van der Waals surface area contributed by atoms with Gasteiger partial charge in [0.25, 0.3) is 0 Å². The van der Waals surface area contributed by atoms with E-state index >= 15 is 0 Å². The van der Waals surface area contributed by atoms with Crippen LogP contribution >= 0.6 is 0 Å². The van der Waals surface area contributed by atoms with Gasteiger partial charge in [-0.15, -0.1) is 0 Å².